The highest BCUT2D eigenvalue weighted by atomic mass is 16.1. The second kappa shape index (κ2) is 4.70. The fourth-order valence-corrected chi connectivity index (χ4v) is 1.72. The molecule has 0 spiro atoms. The molecule has 0 radical (unpaired) electrons. The molecule has 0 saturated heterocycles. The first-order chi connectivity index (χ1) is 7.83. The van der Waals surface area contributed by atoms with Crippen LogP contribution in [-0.4, -0.2) is 21.3 Å². The normalized spacial score (nSPS) is 12.3. The highest BCUT2D eigenvalue weighted by Gasteiger charge is 2.11. The van der Waals surface area contributed by atoms with Crippen LogP contribution in [0, 0.1) is 0 Å². The van der Waals surface area contributed by atoms with Crippen LogP contribution >= 0.6 is 0 Å². The lowest BCUT2D eigenvalue weighted by molar-refractivity contribution is -0.108. The molecule has 0 fully saturated rings. The van der Waals surface area contributed by atoms with Gasteiger partial charge in [0.05, 0.1) is 18.1 Å². The molecule has 1 atom stereocenters. The molecule has 82 valence electrons. The summed E-state index contributed by atoms with van der Waals surface area (Å²) in [5.41, 5.74) is 2.09. The largest absolute Gasteiger partial charge is 0.303 e. The Balaban J connectivity index is 2.42. The molecule has 0 aliphatic heterocycles. The van der Waals surface area contributed by atoms with Gasteiger partial charge in [-0.3, -0.25) is 0 Å². The number of benzene rings is 1. The van der Waals surface area contributed by atoms with Crippen LogP contribution in [0.3, 0.4) is 0 Å². The predicted molar refractivity (Wildman–Crippen MR) is 60.5 cm³/mol. The van der Waals surface area contributed by atoms with Gasteiger partial charge >= 0.3 is 0 Å². The van der Waals surface area contributed by atoms with Gasteiger partial charge in [0.25, 0.3) is 0 Å². The lowest BCUT2D eigenvalue weighted by Gasteiger charge is -2.13. The second-order valence-electron chi connectivity index (χ2n) is 3.71. The van der Waals surface area contributed by atoms with Gasteiger partial charge in [-0.15, -0.1) is 5.10 Å². The summed E-state index contributed by atoms with van der Waals surface area (Å²) in [5, 5.41) is 7.76. The molecule has 4 heteroatoms. The van der Waals surface area contributed by atoms with Crippen molar-refractivity contribution in [2.24, 2.45) is 0 Å². The van der Waals surface area contributed by atoms with Gasteiger partial charge in [-0.2, -0.15) is 0 Å². The van der Waals surface area contributed by atoms with Crippen molar-refractivity contribution in [2.75, 3.05) is 0 Å². The number of rotatable bonds is 4. The van der Waals surface area contributed by atoms with Crippen molar-refractivity contribution >= 4 is 6.29 Å². The zero-order chi connectivity index (χ0) is 11.4. The van der Waals surface area contributed by atoms with Crippen LogP contribution in [0.1, 0.15) is 24.8 Å². The van der Waals surface area contributed by atoms with Gasteiger partial charge in [0.1, 0.15) is 6.29 Å². The monoisotopic (exact) mass is 215 g/mol. The maximum Gasteiger partial charge on any atom is 0.120 e. The molecule has 0 amide bonds. The van der Waals surface area contributed by atoms with E-state index in [1.807, 2.05) is 31.2 Å². The Kier molecular flexibility index (Phi) is 3.10. The standard InChI is InChI=1S/C12H13N3O/c1-10(6-9-16)11-4-2-3-5-12(11)15-8-7-13-14-15/h2-5,7-10H,6H2,1H3. The molecule has 2 aromatic rings. The maximum atomic E-state index is 10.6. The third-order valence-electron chi connectivity index (χ3n) is 2.59. The van der Waals surface area contributed by atoms with Gasteiger partial charge in [-0.1, -0.05) is 30.3 Å². The van der Waals surface area contributed by atoms with Gasteiger partial charge < -0.3 is 4.79 Å². The molecule has 0 saturated carbocycles. The summed E-state index contributed by atoms with van der Waals surface area (Å²) in [7, 11) is 0. The molecular weight excluding hydrogens is 202 g/mol. The highest BCUT2D eigenvalue weighted by Crippen LogP contribution is 2.24. The first-order valence-electron chi connectivity index (χ1n) is 5.22. The topological polar surface area (TPSA) is 47.8 Å². The van der Waals surface area contributed by atoms with Crippen molar-refractivity contribution in [3.8, 4) is 5.69 Å². The van der Waals surface area contributed by atoms with Crippen LogP contribution in [0.25, 0.3) is 5.69 Å². The maximum absolute atomic E-state index is 10.6. The fourth-order valence-electron chi connectivity index (χ4n) is 1.72. The van der Waals surface area contributed by atoms with Crippen LogP contribution in [0.2, 0.25) is 0 Å². The van der Waals surface area contributed by atoms with Gasteiger partial charge in [0.15, 0.2) is 0 Å². The third-order valence-corrected chi connectivity index (χ3v) is 2.59. The molecule has 4 nitrogen and oxygen atoms in total. The van der Waals surface area contributed by atoms with E-state index >= 15 is 0 Å². The molecule has 1 unspecified atom stereocenters. The zero-order valence-corrected chi connectivity index (χ0v) is 9.08. The summed E-state index contributed by atoms with van der Waals surface area (Å²) in [6.07, 6.45) is 4.90. The molecule has 0 aliphatic rings. The van der Waals surface area contributed by atoms with Gasteiger partial charge in [-0.05, 0) is 17.5 Å². The number of carbonyl (C=O) groups is 1. The van der Waals surface area contributed by atoms with E-state index in [0.717, 1.165) is 17.5 Å². The molecule has 0 bridgehead atoms. The van der Waals surface area contributed by atoms with Crippen molar-refractivity contribution in [3.05, 3.63) is 42.2 Å². The molecule has 16 heavy (non-hydrogen) atoms. The number of hydrogen-bond acceptors (Lipinski definition) is 3. The predicted octanol–water partition coefficient (Wildman–Crippen LogP) is 1.96. The Morgan fingerprint density at radius 1 is 1.44 bits per heavy atom. The van der Waals surface area contributed by atoms with Gasteiger partial charge in [-0.25, -0.2) is 4.68 Å². The average Bonchev–Trinajstić information content (AvgIpc) is 2.83. The van der Waals surface area contributed by atoms with E-state index in [0.29, 0.717) is 6.42 Å². The van der Waals surface area contributed by atoms with Crippen LogP contribution < -0.4 is 0 Å². The number of aromatic nitrogens is 3. The van der Waals surface area contributed by atoms with E-state index in [-0.39, 0.29) is 5.92 Å². The lowest BCUT2D eigenvalue weighted by atomic mass is 9.97. The van der Waals surface area contributed by atoms with Crippen LogP contribution in [-0.2, 0) is 4.79 Å². The summed E-state index contributed by atoms with van der Waals surface area (Å²) in [6, 6.07) is 7.92. The van der Waals surface area contributed by atoms with Crippen LogP contribution in [0.4, 0.5) is 0 Å². The molecular formula is C12H13N3O. The highest BCUT2D eigenvalue weighted by molar-refractivity contribution is 5.53. The molecule has 1 aromatic heterocycles. The quantitative estimate of drug-likeness (QED) is 0.732. The fraction of sp³-hybridized carbons (Fsp3) is 0.250. The van der Waals surface area contributed by atoms with E-state index < -0.39 is 0 Å². The Bertz CT molecular complexity index is 465. The first kappa shape index (κ1) is 10.5. The lowest BCUT2D eigenvalue weighted by Crippen LogP contribution is -2.04. The number of hydrogen-bond donors (Lipinski definition) is 0. The van der Waals surface area contributed by atoms with E-state index in [2.05, 4.69) is 10.3 Å². The Morgan fingerprint density at radius 2 is 2.25 bits per heavy atom. The van der Waals surface area contributed by atoms with Crippen molar-refractivity contribution < 1.29 is 4.79 Å². The minimum atomic E-state index is 0.192. The van der Waals surface area contributed by atoms with E-state index in [1.165, 1.54) is 0 Å². The number of nitrogens with zero attached hydrogens (tertiary/aromatic N) is 3. The number of carbonyl (C=O) groups excluding carboxylic acids is 1. The van der Waals surface area contributed by atoms with Gasteiger partial charge in [0, 0.05) is 6.42 Å². The van der Waals surface area contributed by atoms with Crippen molar-refractivity contribution in [1.82, 2.24) is 15.0 Å². The zero-order valence-electron chi connectivity index (χ0n) is 9.08. The third kappa shape index (κ3) is 2.00. The molecule has 2 rings (SSSR count). The van der Waals surface area contributed by atoms with Crippen molar-refractivity contribution in [3.63, 3.8) is 0 Å². The Morgan fingerprint density at radius 3 is 2.94 bits per heavy atom. The van der Waals surface area contributed by atoms with Crippen LogP contribution in [0.5, 0.6) is 0 Å². The first-order valence-corrected chi connectivity index (χ1v) is 5.22. The minimum Gasteiger partial charge on any atom is -0.303 e. The average molecular weight is 215 g/mol. The van der Waals surface area contributed by atoms with E-state index in [1.54, 1.807) is 17.1 Å². The number of aldehydes is 1. The molecule has 1 aromatic carbocycles. The summed E-state index contributed by atoms with van der Waals surface area (Å²) in [4.78, 5) is 10.6. The van der Waals surface area contributed by atoms with E-state index in [9.17, 15) is 4.79 Å². The number of para-hydroxylation sites is 1. The summed E-state index contributed by atoms with van der Waals surface area (Å²) < 4.78 is 1.72. The van der Waals surface area contributed by atoms with Gasteiger partial charge in [0.2, 0.25) is 0 Å². The van der Waals surface area contributed by atoms with Crippen LogP contribution in [0.15, 0.2) is 36.7 Å². The smallest absolute Gasteiger partial charge is 0.120 e. The second-order valence-corrected chi connectivity index (χ2v) is 3.71. The molecule has 0 N–H and O–H groups in total. The molecule has 1 heterocycles. The summed E-state index contributed by atoms with van der Waals surface area (Å²) in [5.74, 6) is 0.192. The minimum absolute atomic E-state index is 0.192. The SMILES string of the molecule is CC(CC=O)c1ccccc1-n1ccnn1. The van der Waals surface area contributed by atoms with Crippen molar-refractivity contribution in [1.29, 1.82) is 0 Å². The summed E-state index contributed by atoms with van der Waals surface area (Å²) >= 11 is 0. The molecule has 0 aliphatic carbocycles. The summed E-state index contributed by atoms with van der Waals surface area (Å²) in [6.45, 7) is 2.03. The Labute approximate surface area is 93.9 Å². The van der Waals surface area contributed by atoms with Crippen molar-refractivity contribution in [2.45, 2.75) is 19.3 Å². The van der Waals surface area contributed by atoms with E-state index in [4.69, 9.17) is 0 Å². The Hall–Kier alpha value is -1.97.